The number of nitro benzene ring substituents is 1. The number of carbonyl (C=O) groups excluding carboxylic acids is 1. The fourth-order valence-electron chi connectivity index (χ4n) is 1.44. The molecule has 0 N–H and O–H groups in total. The summed E-state index contributed by atoms with van der Waals surface area (Å²) < 4.78 is 4.70. The zero-order valence-corrected chi connectivity index (χ0v) is 7.67. The van der Waals surface area contributed by atoms with Gasteiger partial charge < -0.3 is 4.74 Å². The van der Waals surface area contributed by atoms with Crippen molar-refractivity contribution in [2.24, 2.45) is 0 Å². The Hall–Kier alpha value is -2.17. The Balaban J connectivity index is 2.52. The van der Waals surface area contributed by atoms with Crippen LogP contribution in [0.4, 0.5) is 5.69 Å². The van der Waals surface area contributed by atoms with Gasteiger partial charge in [0.15, 0.2) is 0 Å². The number of benzene rings is 1. The van der Waals surface area contributed by atoms with Crippen molar-refractivity contribution in [3.8, 4) is 0 Å². The normalized spacial score (nSPS) is 14.7. The van der Waals surface area contributed by atoms with Gasteiger partial charge in [0.25, 0.3) is 5.69 Å². The number of cyclic esters (lactones) is 1. The van der Waals surface area contributed by atoms with E-state index >= 15 is 0 Å². The smallest absolute Gasteiger partial charge is 0.339 e. The van der Waals surface area contributed by atoms with Crippen molar-refractivity contribution in [3.05, 3.63) is 46.0 Å². The summed E-state index contributed by atoms with van der Waals surface area (Å²) in [4.78, 5) is 21.4. The molecule has 0 saturated carbocycles. The van der Waals surface area contributed by atoms with Gasteiger partial charge in [-0.2, -0.15) is 0 Å². The fourth-order valence-corrected chi connectivity index (χ4v) is 1.44. The van der Waals surface area contributed by atoms with Gasteiger partial charge in [-0.25, -0.2) is 4.79 Å². The number of esters is 1. The van der Waals surface area contributed by atoms with Crippen LogP contribution in [0.2, 0.25) is 0 Å². The summed E-state index contributed by atoms with van der Waals surface area (Å²) in [5.74, 6) is -0.510. The minimum absolute atomic E-state index is 0.0809. The molecule has 15 heavy (non-hydrogen) atoms. The summed E-state index contributed by atoms with van der Waals surface area (Å²) >= 11 is 0. The predicted molar refractivity (Wildman–Crippen MR) is 52.0 cm³/mol. The lowest BCUT2D eigenvalue weighted by molar-refractivity contribution is -0.385. The van der Waals surface area contributed by atoms with E-state index in [1.54, 1.807) is 18.2 Å². The molecule has 0 fully saturated rings. The molecule has 0 saturated heterocycles. The van der Waals surface area contributed by atoms with Crippen molar-refractivity contribution in [1.82, 2.24) is 0 Å². The van der Waals surface area contributed by atoms with Gasteiger partial charge in [0, 0.05) is 6.07 Å². The highest BCUT2D eigenvalue weighted by atomic mass is 16.6. The Bertz CT molecular complexity index is 464. The van der Waals surface area contributed by atoms with Crippen LogP contribution in [0.5, 0.6) is 0 Å². The van der Waals surface area contributed by atoms with Crippen molar-refractivity contribution in [2.75, 3.05) is 6.61 Å². The van der Waals surface area contributed by atoms with Gasteiger partial charge in [-0.15, -0.1) is 0 Å². The minimum Gasteiger partial charge on any atom is -0.458 e. The quantitative estimate of drug-likeness (QED) is 0.417. The molecule has 1 heterocycles. The van der Waals surface area contributed by atoms with E-state index in [1.807, 2.05) is 0 Å². The number of nitro groups is 1. The average molecular weight is 205 g/mol. The lowest BCUT2D eigenvalue weighted by atomic mass is 10.0. The molecule has 5 heteroatoms. The lowest BCUT2D eigenvalue weighted by Crippen LogP contribution is -2.01. The number of ether oxygens (including phenoxy) is 1. The predicted octanol–water partition coefficient (Wildman–Crippen LogP) is 1.53. The molecule has 1 aromatic carbocycles. The van der Waals surface area contributed by atoms with E-state index in [-0.39, 0.29) is 17.9 Å². The van der Waals surface area contributed by atoms with Gasteiger partial charge >= 0.3 is 5.97 Å². The van der Waals surface area contributed by atoms with Crippen molar-refractivity contribution in [1.29, 1.82) is 0 Å². The number of hydrogen-bond acceptors (Lipinski definition) is 4. The molecular weight excluding hydrogens is 198 g/mol. The van der Waals surface area contributed by atoms with Gasteiger partial charge in [-0.05, 0) is 12.1 Å². The maximum absolute atomic E-state index is 11.2. The summed E-state index contributed by atoms with van der Waals surface area (Å²) in [6.45, 7) is 0.181. The van der Waals surface area contributed by atoms with Crippen molar-refractivity contribution in [3.63, 3.8) is 0 Å². The van der Waals surface area contributed by atoms with E-state index in [4.69, 9.17) is 4.74 Å². The Morgan fingerprint density at radius 1 is 1.33 bits per heavy atom. The highest BCUT2D eigenvalue weighted by Crippen LogP contribution is 2.28. The van der Waals surface area contributed by atoms with E-state index in [0.29, 0.717) is 5.56 Å². The standard InChI is InChI=1S/C10H7NO4/c12-10-8(5-6-15-10)7-3-1-2-4-9(7)11(13)14/h1-5H,6H2. The Labute approximate surface area is 85.1 Å². The first-order valence-corrected chi connectivity index (χ1v) is 4.31. The number of hydrogen-bond donors (Lipinski definition) is 0. The van der Waals surface area contributed by atoms with Crippen molar-refractivity contribution >= 4 is 17.2 Å². The zero-order valence-electron chi connectivity index (χ0n) is 7.67. The molecule has 0 radical (unpaired) electrons. The Kier molecular flexibility index (Phi) is 2.21. The van der Waals surface area contributed by atoms with Crippen LogP contribution in [0.25, 0.3) is 5.57 Å². The van der Waals surface area contributed by atoms with Gasteiger partial charge in [0.05, 0.1) is 16.1 Å². The van der Waals surface area contributed by atoms with Crippen LogP contribution in [-0.4, -0.2) is 17.5 Å². The van der Waals surface area contributed by atoms with Crippen LogP contribution in [0.3, 0.4) is 0 Å². The van der Waals surface area contributed by atoms with Gasteiger partial charge in [-0.3, -0.25) is 10.1 Å². The molecule has 1 aliphatic heterocycles. The summed E-state index contributed by atoms with van der Waals surface area (Å²) in [5, 5.41) is 10.7. The Morgan fingerprint density at radius 2 is 2.07 bits per heavy atom. The summed E-state index contributed by atoms with van der Waals surface area (Å²) in [6, 6.07) is 6.11. The molecule has 1 aliphatic rings. The first-order chi connectivity index (χ1) is 7.20. The topological polar surface area (TPSA) is 69.4 Å². The zero-order chi connectivity index (χ0) is 10.8. The number of rotatable bonds is 2. The molecule has 76 valence electrons. The molecule has 0 aromatic heterocycles. The van der Waals surface area contributed by atoms with Crippen LogP contribution < -0.4 is 0 Å². The first-order valence-electron chi connectivity index (χ1n) is 4.31. The molecule has 0 unspecified atom stereocenters. The lowest BCUT2D eigenvalue weighted by Gasteiger charge is -2.00. The molecule has 2 rings (SSSR count). The molecule has 0 spiro atoms. The molecule has 1 aromatic rings. The largest absolute Gasteiger partial charge is 0.458 e. The highest BCUT2D eigenvalue weighted by Gasteiger charge is 2.25. The average Bonchev–Trinajstić information content (AvgIpc) is 2.64. The van der Waals surface area contributed by atoms with Crippen molar-refractivity contribution in [2.45, 2.75) is 0 Å². The second kappa shape index (κ2) is 3.53. The summed E-state index contributed by atoms with van der Waals surface area (Å²) in [7, 11) is 0. The second-order valence-corrected chi connectivity index (χ2v) is 2.99. The summed E-state index contributed by atoms with van der Waals surface area (Å²) in [6.07, 6.45) is 1.55. The van der Waals surface area contributed by atoms with Crippen LogP contribution in [0.1, 0.15) is 5.56 Å². The van der Waals surface area contributed by atoms with Crippen LogP contribution in [0, 0.1) is 10.1 Å². The van der Waals surface area contributed by atoms with E-state index in [2.05, 4.69) is 0 Å². The molecule has 5 nitrogen and oxygen atoms in total. The second-order valence-electron chi connectivity index (χ2n) is 2.99. The van der Waals surface area contributed by atoms with Gasteiger partial charge in [0.2, 0.25) is 0 Å². The van der Waals surface area contributed by atoms with E-state index in [0.717, 1.165) is 0 Å². The summed E-state index contributed by atoms with van der Waals surface area (Å²) in [5.41, 5.74) is 0.495. The number of para-hydroxylation sites is 1. The van der Waals surface area contributed by atoms with Crippen molar-refractivity contribution < 1.29 is 14.5 Å². The monoisotopic (exact) mass is 205 g/mol. The molecule has 0 aliphatic carbocycles. The fraction of sp³-hybridized carbons (Fsp3) is 0.100. The third kappa shape index (κ3) is 1.59. The van der Waals surface area contributed by atoms with E-state index in [9.17, 15) is 14.9 Å². The van der Waals surface area contributed by atoms with E-state index < -0.39 is 10.9 Å². The van der Waals surface area contributed by atoms with Gasteiger partial charge in [-0.1, -0.05) is 12.1 Å². The van der Waals surface area contributed by atoms with Gasteiger partial charge in [0.1, 0.15) is 6.61 Å². The molecule has 0 amide bonds. The molecule has 0 atom stereocenters. The Morgan fingerprint density at radius 3 is 2.67 bits per heavy atom. The van der Waals surface area contributed by atoms with E-state index in [1.165, 1.54) is 12.1 Å². The SMILES string of the molecule is O=C1OCC=C1c1ccccc1[N+](=O)[O-]. The molecule has 0 bridgehead atoms. The van der Waals surface area contributed by atoms with Crippen LogP contribution >= 0.6 is 0 Å². The number of carbonyl (C=O) groups is 1. The molecular formula is C10H7NO4. The van der Waals surface area contributed by atoms with Crippen LogP contribution in [-0.2, 0) is 9.53 Å². The third-order valence-corrected chi connectivity index (χ3v) is 2.11. The third-order valence-electron chi connectivity index (χ3n) is 2.11. The highest BCUT2D eigenvalue weighted by molar-refractivity contribution is 6.19. The minimum atomic E-state index is -0.512. The number of nitrogens with zero attached hydrogens (tertiary/aromatic N) is 1. The maximum Gasteiger partial charge on any atom is 0.339 e. The maximum atomic E-state index is 11.2. The van der Waals surface area contributed by atoms with Crippen LogP contribution in [0.15, 0.2) is 30.3 Å². The first kappa shape index (κ1) is 9.39.